The molecule has 25 heavy (non-hydrogen) atoms. The average Bonchev–Trinajstić information content (AvgIpc) is 2.61. The zero-order valence-corrected chi connectivity index (χ0v) is 13.8. The molecule has 0 spiro atoms. The summed E-state index contributed by atoms with van der Waals surface area (Å²) in [6.45, 7) is 1.74. The maximum Gasteiger partial charge on any atom is 0.122 e. The molecule has 132 valence electrons. The number of hydrogen-bond acceptors (Lipinski definition) is 5. The Balaban J connectivity index is 1.57. The second kappa shape index (κ2) is 9.29. The summed E-state index contributed by atoms with van der Waals surface area (Å²) in [7, 11) is 0. The molecule has 0 heterocycles. The van der Waals surface area contributed by atoms with Gasteiger partial charge in [0.1, 0.15) is 36.4 Å². The van der Waals surface area contributed by atoms with Crippen molar-refractivity contribution >= 4 is 11.7 Å². The van der Waals surface area contributed by atoms with Gasteiger partial charge in [0.15, 0.2) is 0 Å². The maximum absolute atomic E-state index is 7.32. The first-order chi connectivity index (χ1) is 12.1. The number of ether oxygens (including phenoxy) is 3. The molecule has 2 aromatic rings. The van der Waals surface area contributed by atoms with E-state index in [1.165, 1.54) is 0 Å². The lowest BCUT2D eigenvalue weighted by atomic mass is 10.2. The summed E-state index contributed by atoms with van der Waals surface area (Å²) in [5.74, 6) is 1.47. The standard InChI is InChI=1S/C18H22N4O3/c19-17(20)13-1-5-15(6-2-13)24-11-9-23-10-12-25-16-7-3-14(4-8-16)18(21)22/h1-8H,9-12H2,(H3,19,20)(H3,21,22). The minimum absolute atomic E-state index is 0.0332. The smallest absolute Gasteiger partial charge is 0.122 e. The van der Waals surface area contributed by atoms with E-state index in [0.29, 0.717) is 49.1 Å². The van der Waals surface area contributed by atoms with Crippen molar-refractivity contribution in [1.29, 1.82) is 10.8 Å². The Morgan fingerprint density at radius 1 is 0.640 bits per heavy atom. The number of nitrogen functional groups attached to an aromatic ring is 2. The number of hydrogen-bond donors (Lipinski definition) is 4. The molecule has 0 saturated heterocycles. The fourth-order valence-corrected chi connectivity index (χ4v) is 2.00. The Morgan fingerprint density at radius 2 is 1.00 bits per heavy atom. The molecular formula is C18H22N4O3. The van der Waals surface area contributed by atoms with Crippen molar-refractivity contribution in [2.24, 2.45) is 11.5 Å². The van der Waals surface area contributed by atoms with Crippen molar-refractivity contribution in [3.63, 3.8) is 0 Å². The molecule has 2 aromatic carbocycles. The number of nitrogens with one attached hydrogen (secondary N) is 2. The van der Waals surface area contributed by atoms with Crippen LogP contribution in [-0.2, 0) is 4.74 Å². The first kappa shape index (κ1) is 18.3. The van der Waals surface area contributed by atoms with Crippen LogP contribution >= 0.6 is 0 Å². The quantitative estimate of drug-likeness (QED) is 0.297. The van der Waals surface area contributed by atoms with E-state index in [4.69, 9.17) is 36.5 Å². The predicted molar refractivity (Wildman–Crippen MR) is 96.7 cm³/mol. The third-order valence-corrected chi connectivity index (χ3v) is 3.32. The molecule has 0 aromatic heterocycles. The first-order valence-electron chi connectivity index (χ1n) is 7.78. The van der Waals surface area contributed by atoms with Gasteiger partial charge in [-0.1, -0.05) is 0 Å². The second-order valence-electron chi connectivity index (χ2n) is 5.19. The molecule has 7 heteroatoms. The highest BCUT2D eigenvalue weighted by Crippen LogP contribution is 2.12. The topological polar surface area (TPSA) is 127 Å². The zero-order valence-electron chi connectivity index (χ0n) is 13.8. The van der Waals surface area contributed by atoms with Gasteiger partial charge in [0.25, 0.3) is 0 Å². The van der Waals surface area contributed by atoms with Crippen molar-refractivity contribution in [2.45, 2.75) is 0 Å². The lowest BCUT2D eigenvalue weighted by Gasteiger charge is -2.09. The predicted octanol–water partition coefficient (Wildman–Crippen LogP) is 1.73. The number of amidine groups is 2. The lowest BCUT2D eigenvalue weighted by molar-refractivity contribution is 0.0764. The van der Waals surface area contributed by atoms with Crippen LogP contribution in [0.3, 0.4) is 0 Å². The van der Waals surface area contributed by atoms with Gasteiger partial charge in [-0.3, -0.25) is 10.8 Å². The highest BCUT2D eigenvalue weighted by molar-refractivity contribution is 5.95. The van der Waals surface area contributed by atoms with Gasteiger partial charge in [-0.15, -0.1) is 0 Å². The van der Waals surface area contributed by atoms with Crippen LogP contribution < -0.4 is 20.9 Å². The third-order valence-electron chi connectivity index (χ3n) is 3.32. The monoisotopic (exact) mass is 342 g/mol. The van der Waals surface area contributed by atoms with Crippen LogP contribution in [0.1, 0.15) is 11.1 Å². The fraction of sp³-hybridized carbons (Fsp3) is 0.222. The second-order valence-corrected chi connectivity index (χ2v) is 5.19. The van der Waals surface area contributed by atoms with Crippen LogP contribution in [0.5, 0.6) is 11.5 Å². The number of nitrogens with two attached hydrogens (primary N) is 2. The number of benzene rings is 2. The molecule has 0 bridgehead atoms. The molecule has 6 N–H and O–H groups in total. The molecule has 0 aliphatic rings. The van der Waals surface area contributed by atoms with E-state index < -0.39 is 0 Å². The van der Waals surface area contributed by atoms with Crippen molar-refractivity contribution in [3.8, 4) is 11.5 Å². The Hall–Kier alpha value is -3.06. The van der Waals surface area contributed by atoms with Gasteiger partial charge in [0, 0.05) is 11.1 Å². The Bertz CT molecular complexity index is 638. The van der Waals surface area contributed by atoms with Crippen LogP contribution in [-0.4, -0.2) is 38.1 Å². The minimum Gasteiger partial charge on any atom is -0.491 e. The zero-order chi connectivity index (χ0) is 18.1. The van der Waals surface area contributed by atoms with E-state index in [2.05, 4.69) is 0 Å². The molecule has 0 atom stereocenters. The third kappa shape index (κ3) is 6.15. The summed E-state index contributed by atoms with van der Waals surface area (Å²) < 4.78 is 16.5. The van der Waals surface area contributed by atoms with E-state index >= 15 is 0 Å². The van der Waals surface area contributed by atoms with E-state index in [-0.39, 0.29) is 11.7 Å². The van der Waals surface area contributed by atoms with E-state index in [0.717, 1.165) is 0 Å². The Kier molecular flexibility index (Phi) is 6.79. The molecule has 7 nitrogen and oxygen atoms in total. The van der Waals surface area contributed by atoms with E-state index in [1.807, 2.05) is 0 Å². The van der Waals surface area contributed by atoms with Crippen molar-refractivity contribution in [2.75, 3.05) is 26.4 Å². The first-order valence-corrected chi connectivity index (χ1v) is 7.78. The van der Waals surface area contributed by atoms with Gasteiger partial charge in [0.2, 0.25) is 0 Å². The van der Waals surface area contributed by atoms with E-state index in [9.17, 15) is 0 Å². The molecule has 0 radical (unpaired) electrons. The molecule has 0 fully saturated rings. The molecule has 2 rings (SSSR count). The van der Waals surface area contributed by atoms with Crippen LogP contribution in [0.2, 0.25) is 0 Å². The summed E-state index contributed by atoms with van der Waals surface area (Å²) in [5.41, 5.74) is 12.1. The Morgan fingerprint density at radius 3 is 1.32 bits per heavy atom. The molecule has 0 saturated carbocycles. The summed E-state index contributed by atoms with van der Waals surface area (Å²) in [4.78, 5) is 0. The van der Waals surface area contributed by atoms with Crippen molar-refractivity contribution in [1.82, 2.24) is 0 Å². The molecule has 0 amide bonds. The molecule has 0 aliphatic heterocycles. The fourth-order valence-electron chi connectivity index (χ4n) is 2.00. The summed E-state index contributed by atoms with van der Waals surface area (Å²) in [5, 5.41) is 14.6. The van der Waals surface area contributed by atoms with Gasteiger partial charge >= 0.3 is 0 Å². The van der Waals surface area contributed by atoms with Crippen LogP contribution in [0.4, 0.5) is 0 Å². The van der Waals surface area contributed by atoms with Gasteiger partial charge in [-0.2, -0.15) is 0 Å². The summed E-state index contributed by atoms with van der Waals surface area (Å²) >= 11 is 0. The summed E-state index contributed by atoms with van der Waals surface area (Å²) in [6, 6.07) is 14.0. The minimum atomic E-state index is 0.0332. The molecule has 0 unspecified atom stereocenters. The lowest BCUT2D eigenvalue weighted by Crippen LogP contribution is -2.13. The average molecular weight is 342 g/mol. The van der Waals surface area contributed by atoms with Crippen LogP contribution in [0, 0.1) is 10.8 Å². The maximum atomic E-state index is 7.32. The normalized spacial score (nSPS) is 10.2. The SMILES string of the molecule is N=C(N)c1ccc(OCCOCCOc2ccc(C(=N)N)cc2)cc1. The van der Waals surface area contributed by atoms with Crippen LogP contribution in [0.25, 0.3) is 0 Å². The highest BCUT2D eigenvalue weighted by atomic mass is 16.5. The molecule has 0 aliphatic carbocycles. The summed E-state index contributed by atoms with van der Waals surface area (Å²) in [6.07, 6.45) is 0. The van der Waals surface area contributed by atoms with Crippen molar-refractivity contribution < 1.29 is 14.2 Å². The van der Waals surface area contributed by atoms with Crippen molar-refractivity contribution in [3.05, 3.63) is 59.7 Å². The molecular weight excluding hydrogens is 320 g/mol. The number of rotatable bonds is 10. The van der Waals surface area contributed by atoms with E-state index in [1.54, 1.807) is 48.5 Å². The van der Waals surface area contributed by atoms with Gasteiger partial charge in [0.05, 0.1) is 13.2 Å². The van der Waals surface area contributed by atoms with Crippen LogP contribution in [0.15, 0.2) is 48.5 Å². The van der Waals surface area contributed by atoms with Gasteiger partial charge in [-0.05, 0) is 48.5 Å². The largest absolute Gasteiger partial charge is 0.491 e. The highest BCUT2D eigenvalue weighted by Gasteiger charge is 1.99. The van der Waals surface area contributed by atoms with Gasteiger partial charge in [-0.25, -0.2) is 0 Å². The van der Waals surface area contributed by atoms with Gasteiger partial charge < -0.3 is 25.7 Å². The Labute approximate surface area is 146 Å².